The molecule has 2 saturated heterocycles. The maximum Gasteiger partial charge on any atom is 0.223 e. The van der Waals surface area contributed by atoms with Crippen molar-refractivity contribution < 1.29 is 9.47 Å². The molecular formula is C7H10O2. The molecule has 0 amide bonds. The van der Waals surface area contributed by atoms with E-state index in [0.29, 0.717) is 12.2 Å². The highest BCUT2D eigenvalue weighted by Gasteiger charge is 2.79. The first kappa shape index (κ1) is 4.69. The molecule has 9 heavy (non-hydrogen) atoms. The molecule has 4 atom stereocenters. The van der Waals surface area contributed by atoms with E-state index < -0.39 is 0 Å². The maximum absolute atomic E-state index is 5.43. The summed E-state index contributed by atoms with van der Waals surface area (Å²) in [6.07, 6.45) is 3.46. The zero-order valence-corrected chi connectivity index (χ0v) is 5.46. The van der Waals surface area contributed by atoms with Crippen LogP contribution in [0.5, 0.6) is 0 Å². The van der Waals surface area contributed by atoms with Crippen LogP contribution in [0.2, 0.25) is 0 Å². The monoisotopic (exact) mass is 126 g/mol. The Morgan fingerprint density at radius 1 is 1.33 bits per heavy atom. The van der Waals surface area contributed by atoms with Gasteiger partial charge in [0.05, 0.1) is 0 Å². The highest BCUT2D eigenvalue weighted by atomic mass is 16.9. The lowest BCUT2D eigenvalue weighted by Crippen LogP contribution is -2.16. The molecule has 2 aliphatic heterocycles. The van der Waals surface area contributed by atoms with Crippen molar-refractivity contribution in [2.45, 2.75) is 37.8 Å². The van der Waals surface area contributed by atoms with E-state index in [1.54, 1.807) is 0 Å². The highest BCUT2D eigenvalue weighted by molar-refractivity contribution is 5.16. The van der Waals surface area contributed by atoms with Crippen LogP contribution in [0.1, 0.15) is 19.8 Å². The summed E-state index contributed by atoms with van der Waals surface area (Å²) in [5.41, 5.74) is 0. The number of ether oxygens (including phenoxy) is 2. The average Bonchev–Trinajstić information content (AvgIpc) is 2.64. The Kier molecular flexibility index (Phi) is 0.552. The first-order valence-electron chi connectivity index (χ1n) is 3.68. The molecule has 2 nitrogen and oxygen atoms in total. The molecule has 0 aromatic carbocycles. The van der Waals surface area contributed by atoms with Gasteiger partial charge in [0.2, 0.25) is 5.79 Å². The lowest BCUT2D eigenvalue weighted by molar-refractivity contribution is 0.234. The first-order chi connectivity index (χ1) is 4.33. The van der Waals surface area contributed by atoms with E-state index in [-0.39, 0.29) is 5.79 Å². The van der Waals surface area contributed by atoms with Gasteiger partial charge in [0, 0.05) is 0 Å². The van der Waals surface area contributed by atoms with Gasteiger partial charge in [0.25, 0.3) is 0 Å². The Hall–Kier alpha value is -0.0800. The zero-order chi connectivity index (χ0) is 6.06. The van der Waals surface area contributed by atoms with Gasteiger partial charge in [-0.1, -0.05) is 6.92 Å². The number of hydrogen-bond acceptors (Lipinski definition) is 2. The summed E-state index contributed by atoms with van der Waals surface area (Å²) in [6, 6.07) is 0. The van der Waals surface area contributed by atoms with Crippen molar-refractivity contribution in [1.29, 1.82) is 0 Å². The predicted molar refractivity (Wildman–Crippen MR) is 30.9 cm³/mol. The van der Waals surface area contributed by atoms with Crippen LogP contribution in [-0.2, 0) is 9.47 Å². The fraction of sp³-hybridized carbons (Fsp3) is 1.00. The van der Waals surface area contributed by atoms with Crippen molar-refractivity contribution in [3.8, 4) is 0 Å². The maximum atomic E-state index is 5.43. The fourth-order valence-electron chi connectivity index (χ4n) is 2.05. The van der Waals surface area contributed by atoms with Gasteiger partial charge in [-0.25, -0.2) is 0 Å². The van der Waals surface area contributed by atoms with Gasteiger partial charge < -0.3 is 9.47 Å². The Balaban J connectivity index is 1.91. The third-order valence-corrected chi connectivity index (χ3v) is 2.77. The van der Waals surface area contributed by atoms with Crippen LogP contribution in [0.15, 0.2) is 0 Å². The molecular weight excluding hydrogens is 116 g/mol. The molecule has 0 aromatic rings. The molecule has 4 unspecified atom stereocenters. The molecule has 1 saturated carbocycles. The second-order valence-corrected chi connectivity index (χ2v) is 3.42. The standard InChI is InChI=1S/C7H10O2/c1-4-2-3-5-7(8-5)6(4)9-7/h4-6H,2-3H2,1H3. The van der Waals surface area contributed by atoms with Gasteiger partial charge in [-0.15, -0.1) is 0 Å². The van der Waals surface area contributed by atoms with E-state index >= 15 is 0 Å². The molecule has 3 rings (SSSR count). The lowest BCUT2D eigenvalue weighted by Gasteiger charge is -2.07. The zero-order valence-electron chi connectivity index (χ0n) is 5.46. The molecule has 0 bridgehead atoms. The van der Waals surface area contributed by atoms with Crippen molar-refractivity contribution in [2.24, 2.45) is 5.92 Å². The summed E-state index contributed by atoms with van der Waals surface area (Å²) < 4.78 is 10.8. The van der Waals surface area contributed by atoms with Gasteiger partial charge in [0.15, 0.2) is 0 Å². The molecule has 2 heteroatoms. The van der Waals surface area contributed by atoms with Gasteiger partial charge in [-0.05, 0) is 18.8 Å². The van der Waals surface area contributed by atoms with Crippen LogP contribution in [0.4, 0.5) is 0 Å². The van der Waals surface area contributed by atoms with E-state index in [0.717, 1.165) is 5.92 Å². The molecule has 0 aromatic heterocycles. The highest BCUT2D eigenvalue weighted by Crippen LogP contribution is 2.63. The topological polar surface area (TPSA) is 25.1 Å². The van der Waals surface area contributed by atoms with Crippen LogP contribution in [0, 0.1) is 5.92 Å². The molecule has 0 radical (unpaired) electrons. The minimum absolute atomic E-state index is 0.0162. The van der Waals surface area contributed by atoms with Gasteiger partial charge >= 0.3 is 0 Å². The van der Waals surface area contributed by atoms with Crippen molar-refractivity contribution >= 4 is 0 Å². The van der Waals surface area contributed by atoms with E-state index in [2.05, 4.69) is 6.92 Å². The van der Waals surface area contributed by atoms with Gasteiger partial charge in [-0.3, -0.25) is 0 Å². The Morgan fingerprint density at radius 3 is 3.00 bits per heavy atom. The number of hydrogen-bond donors (Lipinski definition) is 0. The number of epoxide rings is 2. The summed E-state index contributed by atoms with van der Waals surface area (Å²) in [6.45, 7) is 2.25. The molecule has 3 fully saturated rings. The Labute approximate surface area is 54.1 Å². The normalized spacial score (nSPS) is 68.3. The van der Waals surface area contributed by atoms with Crippen LogP contribution in [-0.4, -0.2) is 18.0 Å². The van der Waals surface area contributed by atoms with Crippen LogP contribution in [0.3, 0.4) is 0 Å². The van der Waals surface area contributed by atoms with E-state index in [4.69, 9.17) is 9.47 Å². The predicted octanol–water partition coefficient (Wildman–Crippen LogP) is 0.910. The summed E-state index contributed by atoms with van der Waals surface area (Å²) in [5.74, 6) is 0.723. The average molecular weight is 126 g/mol. The largest absolute Gasteiger partial charge is 0.336 e. The van der Waals surface area contributed by atoms with E-state index in [1.807, 2.05) is 0 Å². The molecule has 1 aliphatic carbocycles. The summed E-state index contributed by atoms with van der Waals surface area (Å²) in [7, 11) is 0. The minimum atomic E-state index is -0.0162. The van der Waals surface area contributed by atoms with Crippen molar-refractivity contribution in [1.82, 2.24) is 0 Å². The molecule has 50 valence electrons. The third-order valence-electron chi connectivity index (χ3n) is 2.77. The van der Waals surface area contributed by atoms with Gasteiger partial charge in [0.1, 0.15) is 12.2 Å². The Morgan fingerprint density at radius 2 is 2.22 bits per heavy atom. The van der Waals surface area contributed by atoms with Crippen molar-refractivity contribution in [3.63, 3.8) is 0 Å². The van der Waals surface area contributed by atoms with E-state index in [1.165, 1.54) is 12.8 Å². The Bertz CT molecular complexity index is 168. The van der Waals surface area contributed by atoms with E-state index in [9.17, 15) is 0 Å². The van der Waals surface area contributed by atoms with Crippen LogP contribution < -0.4 is 0 Å². The first-order valence-corrected chi connectivity index (χ1v) is 3.68. The van der Waals surface area contributed by atoms with Gasteiger partial charge in [-0.2, -0.15) is 0 Å². The summed E-state index contributed by atoms with van der Waals surface area (Å²) in [4.78, 5) is 0. The van der Waals surface area contributed by atoms with Crippen LogP contribution >= 0.6 is 0 Å². The SMILES string of the molecule is CC1CCC2OC23OC13. The molecule has 1 spiro atoms. The quantitative estimate of drug-likeness (QED) is 0.451. The number of rotatable bonds is 0. The second-order valence-electron chi connectivity index (χ2n) is 3.42. The summed E-state index contributed by atoms with van der Waals surface area (Å²) >= 11 is 0. The second kappa shape index (κ2) is 1.06. The van der Waals surface area contributed by atoms with Crippen LogP contribution in [0.25, 0.3) is 0 Å². The molecule has 2 heterocycles. The molecule has 0 N–H and O–H groups in total. The van der Waals surface area contributed by atoms with Crippen molar-refractivity contribution in [2.75, 3.05) is 0 Å². The fourth-order valence-corrected chi connectivity index (χ4v) is 2.05. The summed E-state index contributed by atoms with van der Waals surface area (Å²) in [5, 5.41) is 0. The lowest BCUT2D eigenvalue weighted by atomic mass is 9.91. The minimum Gasteiger partial charge on any atom is -0.336 e. The third kappa shape index (κ3) is 0.383. The smallest absolute Gasteiger partial charge is 0.223 e. The van der Waals surface area contributed by atoms with Crippen molar-refractivity contribution in [3.05, 3.63) is 0 Å². The molecule has 3 aliphatic rings.